The van der Waals surface area contributed by atoms with Crippen molar-refractivity contribution >= 4 is 62.5 Å². The minimum atomic E-state index is -0.321. The van der Waals surface area contributed by atoms with Crippen molar-refractivity contribution in [3.05, 3.63) is 81.2 Å². The van der Waals surface area contributed by atoms with Gasteiger partial charge in [-0.2, -0.15) is 4.80 Å². The number of nitrogens with one attached hydrogen (secondary N) is 2. The highest BCUT2D eigenvalue weighted by Crippen LogP contribution is 2.22. The lowest BCUT2D eigenvalue weighted by molar-refractivity contribution is 0.0977. The maximum Gasteiger partial charge on any atom is 0.257 e. The number of aromatic nitrogens is 3. The number of halogens is 2. The molecule has 150 valence electrons. The van der Waals surface area contributed by atoms with Gasteiger partial charge in [0, 0.05) is 14.8 Å². The van der Waals surface area contributed by atoms with Crippen LogP contribution < -0.4 is 10.6 Å². The van der Waals surface area contributed by atoms with Crippen LogP contribution >= 0.6 is 34.8 Å². The van der Waals surface area contributed by atoms with Gasteiger partial charge >= 0.3 is 0 Å². The van der Waals surface area contributed by atoms with E-state index >= 15 is 0 Å². The molecule has 0 atom stereocenters. The Morgan fingerprint density at radius 2 is 1.67 bits per heavy atom. The standard InChI is InChI=1S/C21H15FIN5OS/c1-12-10-18-19(27-28(26-18)16-8-4-14(22)5-9-16)11-17(12)24-21(30)25-20(29)13-2-6-15(23)7-3-13/h2-11H,1H3,(H2,24,25,29,30). The molecule has 0 saturated carbocycles. The van der Waals surface area contributed by atoms with E-state index in [0.717, 1.165) is 9.13 Å². The number of amides is 1. The zero-order chi connectivity index (χ0) is 21.3. The van der Waals surface area contributed by atoms with Gasteiger partial charge in [0.2, 0.25) is 0 Å². The fraction of sp³-hybridized carbons (Fsp3) is 0.0476. The second-order valence-electron chi connectivity index (χ2n) is 6.54. The lowest BCUT2D eigenvalue weighted by atomic mass is 10.2. The van der Waals surface area contributed by atoms with Gasteiger partial charge < -0.3 is 5.32 Å². The van der Waals surface area contributed by atoms with E-state index in [-0.39, 0.29) is 16.8 Å². The molecule has 0 unspecified atom stereocenters. The first kappa shape index (κ1) is 20.4. The summed E-state index contributed by atoms with van der Waals surface area (Å²) in [5.41, 5.74) is 4.10. The molecule has 1 amide bonds. The highest BCUT2D eigenvalue weighted by molar-refractivity contribution is 14.1. The Bertz CT molecular complexity index is 1260. The molecule has 0 aliphatic heterocycles. The molecule has 0 aliphatic rings. The van der Waals surface area contributed by atoms with Crippen molar-refractivity contribution in [3.8, 4) is 5.69 Å². The Kier molecular flexibility index (Phi) is 5.73. The minimum absolute atomic E-state index is 0.187. The van der Waals surface area contributed by atoms with Gasteiger partial charge in [0.15, 0.2) is 5.11 Å². The first-order valence-corrected chi connectivity index (χ1v) is 10.4. The third-order valence-corrected chi connectivity index (χ3v) is 5.29. The first-order chi connectivity index (χ1) is 14.4. The van der Waals surface area contributed by atoms with Gasteiger partial charge in [-0.15, -0.1) is 10.2 Å². The number of nitrogens with zero attached hydrogens (tertiary/aromatic N) is 3. The maximum atomic E-state index is 13.1. The van der Waals surface area contributed by atoms with Crippen LogP contribution in [0.5, 0.6) is 0 Å². The molecule has 0 bridgehead atoms. The van der Waals surface area contributed by atoms with Crippen LogP contribution in [0, 0.1) is 16.3 Å². The van der Waals surface area contributed by atoms with Gasteiger partial charge in [0.25, 0.3) is 5.91 Å². The number of aryl methyl sites for hydroxylation is 1. The van der Waals surface area contributed by atoms with E-state index in [2.05, 4.69) is 43.4 Å². The minimum Gasteiger partial charge on any atom is -0.332 e. The van der Waals surface area contributed by atoms with E-state index in [1.165, 1.54) is 16.9 Å². The van der Waals surface area contributed by atoms with Gasteiger partial charge in [-0.1, -0.05) is 0 Å². The zero-order valence-corrected chi connectivity index (χ0v) is 18.7. The number of hydrogen-bond donors (Lipinski definition) is 2. The normalized spacial score (nSPS) is 10.8. The number of fused-ring (bicyclic) bond motifs is 1. The number of carbonyl (C=O) groups excluding carboxylic acids is 1. The molecule has 0 spiro atoms. The summed E-state index contributed by atoms with van der Waals surface area (Å²) in [5, 5.41) is 14.8. The molecule has 2 N–H and O–H groups in total. The molecular formula is C21H15FIN5OS. The molecule has 30 heavy (non-hydrogen) atoms. The molecule has 4 aromatic rings. The highest BCUT2D eigenvalue weighted by Gasteiger charge is 2.12. The largest absolute Gasteiger partial charge is 0.332 e. The lowest BCUT2D eigenvalue weighted by Crippen LogP contribution is -2.34. The Hall–Kier alpha value is -2.92. The van der Waals surface area contributed by atoms with Crippen LogP contribution in [-0.2, 0) is 0 Å². The van der Waals surface area contributed by atoms with E-state index < -0.39 is 0 Å². The summed E-state index contributed by atoms with van der Waals surface area (Å²) < 4.78 is 14.2. The summed E-state index contributed by atoms with van der Waals surface area (Å²) in [4.78, 5) is 13.8. The van der Waals surface area contributed by atoms with Gasteiger partial charge in [0.1, 0.15) is 16.9 Å². The van der Waals surface area contributed by atoms with Gasteiger partial charge in [0.05, 0.1) is 5.69 Å². The summed E-state index contributed by atoms with van der Waals surface area (Å²) in [6.45, 7) is 1.91. The molecule has 0 saturated heterocycles. The second-order valence-corrected chi connectivity index (χ2v) is 8.19. The summed E-state index contributed by atoms with van der Waals surface area (Å²) in [6, 6.07) is 16.8. The van der Waals surface area contributed by atoms with Crippen LogP contribution in [0.2, 0.25) is 0 Å². The molecule has 6 nitrogen and oxygen atoms in total. The molecule has 1 heterocycles. The Morgan fingerprint density at radius 1 is 1.03 bits per heavy atom. The van der Waals surface area contributed by atoms with E-state index in [1.54, 1.807) is 30.3 Å². The second kappa shape index (κ2) is 8.44. The fourth-order valence-electron chi connectivity index (χ4n) is 2.82. The predicted octanol–water partition coefficient (Wildman–Crippen LogP) is 4.60. The molecular weight excluding hydrogens is 516 g/mol. The summed E-state index contributed by atoms with van der Waals surface area (Å²) in [5.74, 6) is -0.608. The Morgan fingerprint density at radius 3 is 2.33 bits per heavy atom. The van der Waals surface area contributed by atoms with Crippen LogP contribution in [-0.4, -0.2) is 26.0 Å². The Labute approximate surface area is 190 Å². The third-order valence-electron chi connectivity index (χ3n) is 4.37. The van der Waals surface area contributed by atoms with Crippen molar-refractivity contribution in [2.24, 2.45) is 0 Å². The Balaban J connectivity index is 1.52. The molecule has 0 fully saturated rings. The van der Waals surface area contributed by atoms with Crippen molar-refractivity contribution < 1.29 is 9.18 Å². The molecule has 9 heteroatoms. The fourth-order valence-corrected chi connectivity index (χ4v) is 3.38. The third kappa shape index (κ3) is 4.46. The smallest absolute Gasteiger partial charge is 0.257 e. The van der Waals surface area contributed by atoms with Crippen molar-refractivity contribution in [2.45, 2.75) is 6.92 Å². The van der Waals surface area contributed by atoms with Crippen LogP contribution in [0.4, 0.5) is 10.1 Å². The molecule has 0 radical (unpaired) electrons. The van der Waals surface area contributed by atoms with Crippen LogP contribution in [0.15, 0.2) is 60.7 Å². The number of carbonyl (C=O) groups is 1. The summed E-state index contributed by atoms with van der Waals surface area (Å²) >= 11 is 7.47. The number of anilines is 1. The molecule has 1 aromatic heterocycles. The van der Waals surface area contributed by atoms with Crippen molar-refractivity contribution in [1.82, 2.24) is 20.3 Å². The van der Waals surface area contributed by atoms with Gasteiger partial charge in [-0.25, -0.2) is 4.39 Å². The number of thiocarbonyl (C=S) groups is 1. The van der Waals surface area contributed by atoms with E-state index in [1.807, 2.05) is 25.1 Å². The van der Waals surface area contributed by atoms with E-state index in [4.69, 9.17) is 12.2 Å². The molecule has 4 rings (SSSR count). The van der Waals surface area contributed by atoms with Crippen molar-refractivity contribution in [2.75, 3.05) is 5.32 Å². The average molecular weight is 531 g/mol. The average Bonchev–Trinajstić information content (AvgIpc) is 3.11. The maximum absolute atomic E-state index is 13.1. The highest BCUT2D eigenvalue weighted by atomic mass is 127. The van der Waals surface area contributed by atoms with Gasteiger partial charge in [-0.05, 0) is 108 Å². The quantitative estimate of drug-likeness (QED) is 0.299. The SMILES string of the molecule is Cc1cc2nn(-c3ccc(F)cc3)nc2cc1NC(=S)NC(=O)c1ccc(I)cc1. The topological polar surface area (TPSA) is 71.8 Å². The van der Waals surface area contributed by atoms with E-state index in [0.29, 0.717) is 28.0 Å². The van der Waals surface area contributed by atoms with Crippen molar-refractivity contribution in [3.63, 3.8) is 0 Å². The summed E-state index contributed by atoms with van der Waals surface area (Å²) in [7, 11) is 0. The van der Waals surface area contributed by atoms with Crippen LogP contribution in [0.3, 0.4) is 0 Å². The van der Waals surface area contributed by atoms with Crippen LogP contribution in [0.25, 0.3) is 16.7 Å². The molecule has 3 aromatic carbocycles. The predicted molar refractivity (Wildman–Crippen MR) is 126 cm³/mol. The number of benzene rings is 3. The van der Waals surface area contributed by atoms with E-state index in [9.17, 15) is 9.18 Å². The number of hydrogen-bond acceptors (Lipinski definition) is 4. The summed E-state index contributed by atoms with van der Waals surface area (Å²) in [6.07, 6.45) is 0. The zero-order valence-electron chi connectivity index (χ0n) is 15.7. The van der Waals surface area contributed by atoms with Crippen molar-refractivity contribution in [1.29, 1.82) is 0 Å². The monoisotopic (exact) mass is 531 g/mol. The number of rotatable bonds is 3. The van der Waals surface area contributed by atoms with Crippen LogP contribution in [0.1, 0.15) is 15.9 Å². The van der Waals surface area contributed by atoms with Gasteiger partial charge in [-0.3, -0.25) is 10.1 Å². The first-order valence-electron chi connectivity index (χ1n) is 8.90. The lowest BCUT2D eigenvalue weighted by Gasteiger charge is -2.11. The molecule has 0 aliphatic carbocycles.